The molecule has 1 saturated carbocycles. The number of carbonyl (C=O) groups excluding carboxylic acids is 1. The maximum atomic E-state index is 12.9. The fraction of sp³-hybridized carbons (Fsp3) is 0.700. The molecule has 2 rings (SSSR count). The predicted octanol–water partition coefficient (Wildman–Crippen LogP) is 5.61. The van der Waals surface area contributed by atoms with Crippen LogP contribution < -0.4 is 0 Å². The lowest BCUT2D eigenvalue weighted by Gasteiger charge is -2.43. The van der Waals surface area contributed by atoms with Crippen LogP contribution in [0.1, 0.15) is 59.1 Å². The van der Waals surface area contributed by atoms with Gasteiger partial charge in [0.25, 0.3) is 0 Å². The topological polar surface area (TPSA) is 48.4 Å². The quantitative estimate of drug-likeness (QED) is 0.439. The van der Waals surface area contributed by atoms with Crippen LogP contribution in [0.25, 0.3) is 0 Å². The summed E-state index contributed by atoms with van der Waals surface area (Å²) >= 11 is 3.42. The minimum atomic E-state index is -1.81. The first-order valence-electron chi connectivity index (χ1n) is 9.49. The number of esters is 1. The number of hydrogen-bond acceptors (Lipinski definition) is 4. The molecule has 4 nitrogen and oxygen atoms in total. The molecule has 1 aromatic rings. The average Bonchev–Trinajstić information content (AvgIpc) is 2.55. The van der Waals surface area contributed by atoms with Gasteiger partial charge in [-0.3, -0.25) is 9.78 Å². The molecule has 0 spiro atoms. The zero-order valence-electron chi connectivity index (χ0n) is 16.9. The third kappa shape index (κ3) is 4.57. The van der Waals surface area contributed by atoms with Crippen LogP contribution in [0.2, 0.25) is 18.1 Å². The van der Waals surface area contributed by atoms with Crippen molar-refractivity contribution in [1.29, 1.82) is 0 Å². The van der Waals surface area contributed by atoms with Gasteiger partial charge in [0.15, 0.2) is 8.32 Å². The van der Waals surface area contributed by atoms with E-state index in [9.17, 15) is 4.79 Å². The van der Waals surface area contributed by atoms with Gasteiger partial charge in [-0.15, -0.1) is 0 Å². The molecule has 1 fully saturated rings. The molecule has 6 heteroatoms. The number of ether oxygens (including phenoxy) is 1. The number of pyridine rings is 1. The van der Waals surface area contributed by atoms with Crippen molar-refractivity contribution in [1.82, 2.24) is 4.98 Å². The summed E-state index contributed by atoms with van der Waals surface area (Å²) in [5.41, 5.74) is 0.161. The molecule has 1 heterocycles. The first kappa shape index (κ1) is 21.6. The molecule has 146 valence electrons. The highest BCUT2D eigenvalue weighted by Crippen LogP contribution is 2.44. The van der Waals surface area contributed by atoms with E-state index in [1.54, 1.807) is 6.20 Å². The third-order valence-corrected chi connectivity index (χ3v) is 10.9. The standard InChI is InChI=1S/C20H32BrNO3Si/c1-7-24-18(23)20(17-9-8-15(21)14-22-17)12-10-16(11-13-20)25-26(5,6)19(2,3)4/h8-9,14,16H,7,10-13H2,1-6H3/t16-,20-. The fourth-order valence-electron chi connectivity index (χ4n) is 3.29. The molecule has 0 unspecified atom stereocenters. The average molecular weight is 442 g/mol. The Morgan fingerprint density at radius 2 is 1.92 bits per heavy atom. The van der Waals surface area contributed by atoms with Gasteiger partial charge in [0.05, 0.1) is 12.3 Å². The van der Waals surface area contributed by atoms with E-state index in [0.29, 0.717) is 6.61 Å². The lowest BCUT2D eigenvalue weighted by Crippen LogP contribution is -2.48. The zero-order valence-corrected chi connectivity index (χ0v) is 19.5. The van der Waals surface area contributed by atoms with Crippen LogP contribution in [-0.2, 0) is 19.4 Å². The Morgan fingerprint density at radius 1 is 1.31 bits per heavy atom. The van der Waals surface area contributed by atoms with Crippen LogP contribution in [0.5, 0.6) is 0 Å². The van der Waals surface area contributed by atoms with Crippen molar-refractivity contribution in [2.24, 2.45) is 0 Å². The largest absolute Gasteiger partial charge is 0.465 e. The van der Waals surface area contributed by atoms with Gasteiger partial charge < -0.3 is 9.16 Å². The molecule has 0 aromatic carbocycles. The molecule has 0 saturated heterocycles. The van der Waals surface area contributed by atoms with E-state index in [1.165, 1.54) is 0 Å². The van der Waals surface area contributed by atoms with Crippen molar-refractivity contribution in [2.75, 3.05) is 6.61 Å². The van der Waals surface area contributed by atoms with E-state index in [4.69, 9.17) is 9.16 Å². The predicted molar refractivity (Wildman–Crippen MR) is 111 cm³/mol. The van der Waals surface area contributed by atoms with Crippen LogP contribution in [0, 0.1) is 0 Å². The van der Waals surface area contributed by atoms with Crippen LogP contribution in [0.4, 0.5) is 0 Å². The van der Waals surface area contributed by atoms with Crippen molar-refractivity contribution >= 4 is 30.2 Å². The molecule has 1 aliphatic carbocycles. The molecule has 0 atom stereocenters. The number of rotatable bonds is 5. The minimum Gasteiger partial charge on any atom is -0.465 e. The number of halogens is 1. The van der Waals surface area contributed by atoms with Crippen molar-refractivity contribution in [3.05, 3.63) is 28.5 Å². The van der Waals surface area contributed by atoms with Gasteiger partial charge >= 0.3 is 5.97 Å². The van der Waals surface area contributed by atoms with E-state index < -0.39 is 13.7 Å². The molecule has 26 heavy (non-hydrogen) atoms. The first-order valence-corrected chi connectivity index (χ1v) is 13.2. The van der Waals surface area contributed by atoms with Crippen LogP contribution in [-0.4, -0.2) is 32.0 Å². The van der Waals surface area contributed by atoms with Crippen LogP contribution in [0.3, 0.4) is 0 Å². The Balaban J connectivity index is 2.19. The van der Waals surface area contributed by atoms with E-state index in [-0.39, 0.29) is 17.1 Å². The second-order valence-corrected chi connectivity index (χ2v) is 14.4. The molecular weight excluding hydrogens is 410 g/mol. The molecule has 0 aliphatic heterocycles. The normalized spacial score (nSPS) is 24.3. The van der Waals surface area contributed by atoms with Crippen LogP contribution in [0.15, 0.2) is 22.8 Å². The Hall–Kier alpha value is -0.723. The third-order valence-electron chi connectivity index (χ3n) is 5.94. The number of nitrogens with zero attached hydrogens (tertiary/aromatic N) is 1. The van der Waals surface area contributed by atoms with Gasteiger partial charge in [-0.1, -0.05) is 20.8 Å². The van der Waals surface area contributed by atoms with Crippen molar-refractivity contribution < 1.29 is 14.0 Å². The summed E-state index contributed by atoms with van der Waals surface area (Å²) in [6.45, 7) is 13.6. The maximum Gasteiger partial charge on any atom is 0.318 e. The first-order chi connectivity index (χ1) is 12.0. The van der Waals surface area contributed by atoms with Crippen molar-refractivity contribution in [3.8, 4) is 0 Å². The van der Waals surface area contributed by atoms with Gasteiger partial charge in [0.2, 0.25) is 0 Å². The highest BCUT2D eigenvalue weighted by atomic mass is 79.9. The van der Waals surface area contributed by atoms with Crippen molar-refractivity contribution in [2.45, 2.75) is 83.0 Å². The van der Waals surface area contributed by atoms with E-state index >= 15 is 0 Å². The lowest BCUT2D eigenvalue weighted by atomic mass is 9.70. The maximum absolute atomic E-state index is 12.9. The molecule has 0 bridgehead atoms. The summed E-state index contributed by atoms with van der Waals surface area (Å²) in [7, 11) is -1.81. The molecule has 1 aliphatic rings. The Labute approximate surface area is 167 Å². The second kappa shape index (κ2) is 8.11. The van der Waals surface area contributed by atoms with Gasteiger partial charge in [-0.25, -0.2) is 0 Å². The molecule has 0 radical (unpaired) electrons. The van der Waals surface area contributed by atoms with Gasteiger partial charge in [-0.2, -0.15) is 0 Å². The van der Waals surface area contributed by atoms with Gasteiger partial charge in [-0.05, 0) is 78.8 Å². The number of carbonyl (C=O) groups is 1. The lowest BCUT2D eigenvalue weighted by molar-refractivity contribution is -0.152. The molecule has 0 N–H and O–H groups in total. The van der Waals surface area contributed by atoms with E-state index in [0.717, 1.165) is 35.8 Å². The van der Waals surface area contributed by atoms with Gasteiger partial charge in [0.1, 0.15) is 5.41 Å². The van der Waals surface area contributed by atoms with Crippen LogP contribution >= 0.6 is 15.9 Å². The fourth-order valence-corrected chi connectivity index (χ4v) is 4.95. The monoisotopic (exact) mass is 441 g/mol. The molecule has 0 amide bonds. The summed E-state index contributed by atoms with van der Waals surface area (Å²) in [5.74, 6) is -0.152. The Morgan fingerprint density at radius 3 is 2.38 bits per heavy atom. The molecular formula is C20H32BrNO3Si. The summed E-state index contributed by atoms with van der Waals surface area (Å²) in [5, 5.41) is 0.190. The van der Waals surface area contributed by atoms with Crippen molar-refractivity contribution in [3.63, 3.8) is 0 Å². The highest BCUT2D eigenvalue weighted by Gasteiger charge is 2.48. The minimum absolute atomic E-state index is 0.152. The summed E-state index contributed by atoms with van der Waals surface area (Å²) in [4.78, 5) is 17.4. The van der Waals surface area contributed by atoms with Gasteiger partial charge in [0, 0.05) is 16.8 Å². The zero-order chi connectivity index (χ0) is 19.6. The summed E-state index contributed by atoms with van der Waals surface area (Å²) in [6, 6.07) is 3.89. The second-order valence-electron chi connectivity index (χ2n) is 8.74. The SMILES string of the molecule is CCOC(=O)[C@]1(c2ccc(Br)cn2)CC[C@@H](O[Si](C)(C)C(C)(C)C)CC1. The number of aromatic nitrogens is 1. The highest BCUT2D eigenvalue weighted by molar-refractivity contribution is 9.10. The van der Waals surface area contributed by atoms with E-state index in [2.05, 4.69) is 54.8 Å². The smallest absolute Gasteiger partial charge is 0.318 e. The van der Waals surface area contributed by atoms with E-state index in [1.807, 2.05) is 19.1 Å². The summed E-state index contributed by atoms with van der Waals surface area (Å²) < 4.78 is 12.9. The Bertz CT molecular complexity index is 617. The Kier molecular flexibility index (Phi) is 6.73. The summed E-state index contributed by atoms with van der Waals surface area (Å²) in [6.07, 6.45) is 5.15. The number of hydrogen-bond donors (Lipinski definition) is 0. The molecule has 1 aromatic heterocycles.